The first kappa shape index (κ1) is 14.2. The monoisotopic (exact) mass is 310 g/mol. The third kappa shape index (κ3) is 1.82. The number of benzene rings is 1. The van der Waals surface area contributed by atoms with Crippen molar-refractivity contribution in [1.29, 1.82) is 0 Å². The Bertz CT molecular complexity index is 537. The molecular formula is C12H8F6N2O. The minimum atomic E-state index is -5.07. The van der Waals surface area contributed by atoms with Crippen LogP contribution in [0.3, 0.4) is 0 Å². The number of halogens is 6. The summed E-state index contributed by atoms with van der Waals surface area (Å²) in [6.45, 7) is 0. The highest BCUT2D eigenvalue weighted by Crippen LogP contribution is 2.66. The maximum absolute atomic E-state index is 13.1. The summed E-state index contributed by atoms with van der Waals surface area (Å²) in [5.41, 5.74) is 0.176. The molecule has 0 N–H and O–H groups in total. The molecule has 4 atom stereocenters. The molecule has 3 rings (SSSR count). The van der Waals surface area contributed by atoms with Gasteiger partial charge in [-0.15, -0.1) is 4.91 Å². The van der Waals surface area contributed by atoms with Gasteiger partial charge in [-0.05, 0) is 11.1 Å². The van der Waals surface area contributed by atoms with Gasteiger partial charge in [0.15, 0.2) is 0 Å². The molecule has 0 radical (unpaired) electrons. The molecule has 0 amide bonds. The molecular weight excluding hydrogens is 302 g/mol. The number of hydrogen-bond donors (Lipinski definition) is 0. The first-order valence-corrected chi connectivity index (χ1v) is 6.01. The van der Waals surface area contributed by atoms with Crippen LogP contribution >= 0.6 is 0 Å². The van der Waals surface area contributed by atoms with Crippen LogP contribution in [-0.2, 0) is 0 Å². The van der Waals surface area contributed by atoms with Crippen LogP contribution in [0.4, 0.5) is 26.3 Å². The quantitative estimate of drug-likeness (QED) is 0.577. The third-order valence-electron chi connectivity index (χ3n) is 4.12. The van der Waals surface area contributed by atoms with E-state index in [9.17, 15) is 31.2 Å². The normalized spacial score (nSPS) is 31.4. The zero-order valence-electron chi connectivity index (χ0n) is 10.2. The number of nitrogens with zero attached hydrogens (tertiary/aromatic N) is 2. The molecule has 1 aromatic rings. The van der Waals surface area contributed by atoms with Crippen LogP contribution in [0.1, 0.15) is 23.2 Å². The molecule has 114 valence electrons. The second-order valence-corrected chi connectivity index (χ2v) is 5.12. The van der Waals surface area contributed by atoms with Crippen LogP contribution in [0.25, 0.3) is 0 Å². The Morgan fingerprint density at radius 1 is 0.857 bits per heavy atom. The van der Waals surface area contributed by atoms with Gasteiger partial charge in [0.05, 0.1) is 29.2 Å². The van der Waals surface area contributed by atoms with E-state index in [4.69, 9.17) is 0 Å². The van der Waals surface area contributed by atoms with Crippen LogP contribution in [0.2, 0.25) is 0 Å². The van der Waals surface area contributed by atoms with E-state index in [2.05, 4.69) is 5.29 Å². The van der Waals surface area contributed by atoms with Crippen LogP contribution in [0.5, 0.6) is 0 Å². The van der Waals surface area contributed by atoms with Gasteiger partial charge in [-0.2, -0.15) is 26.3 Å². The Labute approximate surface area is 114 Å². The summed E-state index contributed by atoms with van der Waals surface area (Å²) in [6.07, 6.45) is -10.1. The molecule has 2 heterocycles. The van der Waals surface area contributed by atoms with Crippen molar-refractivity contribution < 1.29 is 26.3 Å². The smallest absolute Gasteiger partial charge is 0.245 e. The predicted molar refractivity (Wildman–Crippen MR) is 58.6 cm³/mol. The van der Waals surface area contributed by atoms with Crippen molar-refractivity contribution in [2.24, 2.45) is 17.1 Å². The topological polar surface area (TPSA) is 32.7 Å². The van der Waals surface area contributed by atoms with Gasteiger partial charge in [-0.3, -0.25) is 0 Å². The molecule has 2 aliphatic heterocycles. The molecule has 0 aliphatic carbocycles. The largest absolute Gasteiger partial charge is 0.394 e. The highest BCUT2D eigenvalue weighted by Gasteiger charge is 2.72. The molecule has 21 heavy (non-hydrogen) atoms. The molecule has 2 aliphatic rings. The van der Waals surface area contributed by atoms with E-state index in [1.54, 1.807) is 0 Å². The molecule has 3 nitrogen and oxygen atoms in total. The molecule has 0 spiro atoms. The van der Waals surface area contributed by atoms with Gasteiger partial charge in [-0.25, -0.2) is 5.01 Å². The average molecular weight is 310 g/mol. The van der Waals surface area contributed by atoms with Gasteiger partial charge < -0.3 is 0 Å². The Morgan fingerprint density at radius 3 is 1.52 bits per heavy atom. The number of hydrogen-bond acceptors (Lipinski definition) is 2. The molecule has 1 saturated heterocycles. The number of nitroso groups, excluding NO2 is 1. The summed E-state index contributed by atoms with van der Waals surface area (Å²) in [7, 11) is 0. The van der Waals surface area contributed by atoms with Crippen LogP contribution in [0.15, 0.2) is 29.6 Å². The Morgan fingerprint density at radius 2 is 1.24 bits per heavy atom. The van der Waals surface area contributed by atoms with Gasteiger partial charge in [0.2, 0.25) is 0 Å². The molecule has 4 unspecified atom stereocenters. The molecule has 1 aromatic carbocycles. The van der Waals surface area contributed by atoms with E-state index < -0.39 is 36.3 Å². The summed E-state index contributed by atoms with van der Waals surface area (Å²) in [5, 5.41) is 2.84. The lowest BCUT2D eigenvalue weighted by molar-refractivity contribution is -0.252. The minimum absolute atomic E-state index is 0.0879. The molecule has 0 aromatic heterocycles. The van der Waals surface area contributed by atoms with Crippen LogP contribution in [0, 0.1) is 16.7 Å². The van der Waals surface area contributed by atoms with Crippen molar-refractivity contribution in [3.8, 4) is 0 Å². The Hall–Kier alpha value is -1.80. The third-order valence-corrected chi connectivity index (χ3v) is 4.12. The van der Waals surface area contributed by atoms with E-state index in [-0.39, 0.29) is 11.1 Å². The van der Waals surface area contributed by atoms with E-state index >= 15 is 0 Å². The fourth-order valence-electron chi connectivity index (χ4n) is 3.48. The van der Waals surface area contributed by atoms with Crippen LogP contribution in [-0.4, -0.2) is 17.4 Å². The molecule has 0 saturated carbocycles. The SMILES string of the molecule is O=NN1C2c3ccccc3C1C(C(F)(F)F)C2C(F)(F)F. The second kappa shape index (κ2) is 4.11. The van der Waals surface area contributed by atoms with Gasteiger partial charge in [0.25, 0.3) is 0 Å². The van der Waals surface area contributed by atoms with Crippen molar-refractivity contribution in [2.45, 2.75) is 24.4 Å². The number of alkyl halides is 6. The van der Waals surface area contributed by atoms with Gasteiger partial charge in [0.1, 0.15) is 0 Å². The van der Waals surface area contributed by atoms with Crippen molar-refractivity contribution in [3.05, 3.63) is 40.3 Å². The molecule has 9 heteroatoms. The fourth-order valence-corrected chi connectivity index (χ4v) is 3.48. The van der Waals surface area contributed by atoms with Crippen molar-refractivity contribution >= 4 is 0 Å². The molecule has 1 fully saturated rings. The van der Waals surface area contributed by atoms with E-state index in [0.717, 1.165) is 0 Å². The lowest BCUT2D eigenvalue weighted by Crippen LogP contribution is -2.41. The Kier molecular flexibility index (Phi) is 2.77. The van der Waals surface area contributed by atoms with E-state index in [0.29, 0.717) is 5.01 Å². The summed E-state index contributed by atoms with van der Waals surface area (Å²) in [5.74, 6) is -5.37. The second-order valence-electron chi connectivity index (χ2n) is 5.12. The van der Waals surface area contributed by atoms with Crippen molar-refractivity contribution in [3.63, 3.8) is 0 Å². The highest BCUT2D eigenvalue weighted by molar-refractivity contribution is 5.42. The lowest BCUT2D eigenvalue weighted by atomic mass is 9.75. The fraction of sp³-hybridized carbons (Fsp3) is 0.500. The maximum atomic E-state index is 13.1. The first-order chi connectivity index (χ1) is 9.68. The standard InChI is InChI=1S/C12H8F6N2O/c13-11(14,15)7-8(12(16,17)18)10-6-4-2-1-3-5(6)9(7)20(10)19-21/h1-4,7-10H. The van der Waals surface area contributed by atoms with Gasteiger partial charge in [-0.1, -0.05) is 24.3 Å². The lowest BCUT2D eigenvalue weighted by Gasteiger charge is -2.32. The van der Waals surface area contributed by atoms with E-state index in [1.165, 1.54) is 24.3 Å². The maximum Gasteiger partial charge on any atom is 0.394 e. The van der Waals surface area contributed by atoms with Crippen molar-refractivity contribution in [2.75, 3.05) is 0 Å². The van der Waals surface area contributed by atoms with Gasteiger partial charge >= 0.3 is 12.4 Å². The summed E-state index contributed by atoms with van der Waals surface area (Å²) in [6, 6.07) is 2.05. The highest BCUT2D eigenvalue weighted by atomic mass is 19.4. The average Bonchev–Trinajstić information content (AvgIpc) is 2.87. The summed E-state index contributed by atoms with van der Waals surface area (Å²) in [4.78, 5) is 10.8. The first-order valence-electron chi connectivity index (χ1n) is 6.01. The van der Waals surface area contributed by atoms with E-state index in [1.807, 2.05) is 0 Å². The number of rotatable bonds is 1. The summed E-state index contributed by atoms with van der Waals surface area (Å²) < 4.78 is 78.8. The number of fused-ring (bicyclic) bond motifs is 5. The van der Waals surface area contributed by atoms with Crippen LogP contribution < -0.4 is 0 Å². The zero-order chi connectivity index (χ0) is 15.6. The predicted octanol–water partition coefficient (Wildman–Crippen LogP) is 4.14. The Balaban J connectivity index is 2.21. The molecule has 2 bridgehead atoms. The van der Waals surface area contributed by atoms with Gasteiger partial charge in [0, 0.05) is 0 Å². The minimum Gasteiger partial charge on any atom is -0.245 e. The van der Waals surface area contributed by atoms with Crippen molar-refractivity contribution in [1.82, 2.24) is 5.01 Å². The summed E-state index contributed by atoms with van der Waals surface area (Å²) >= 11 is 0. The zero-order valence-corrected chi connectivity index (χ0v) is 10.2.